The first kappa shape index (κ1) is 15.7. The molecule has 0 bridgehead atoms. The van der Waals surface area contributed by atoms with E-state index in [1.165, 1.54) is 12.1 Å². The zero-order valence-electron chi connectivity index (χ0n) is 11.9. The molecule has 19 heavy (non-hydrogen) atoms. The van der Waals surface area contributed by atoms with Crippen LogP contribution in [0.15, 0.2) is 17.0 Å². The molecule has 106 valence electrons. The lowest BCUT2D eigenvalue weighted by Gasteiger charge is -2.22. The number of rotatable bonds is 3. The number of phenolic OH excluding ortho intramolecular Hbond substituents is 1. The predicted molar refractivity (Wildman–Crippen MR) is 74.5 cm³/mol. The molecule has 0 saturated heterocycles. The first-order valence-corrected chi connectivity index (χ1v) is 7.63. The van der Waals surface area contributed by atoms with Gasteiger partial charge in [0.05, 0.1) is 10.8 Å². The van der Waals surface area contributed by atoms with Crippen molar-refractivity contribution in [3.63, 3.8) is 0 Å². The van der Waals surface area contributed by atoms with Gasteiger partial charge in [-0.2, -0.15) is 0 Å². The Morgan fingerprint density at radius 3 is 2.11 bits per heavy atom. The van der Waals surface area contributed by atoms with Crippen molar-refractivity contribution >= 4 is 16.1 Å². The Morgan fingerprint density at radius 2 is 1.74 bits per heavy atom. The number of sulfone groups is 1. The number of hydrogen-bond donors (Lipinski definition) is 1. The van der Waals surface area contributed by atoms with Crippen LogP contribution in [-0.2, 0) is 15.3 Å². The Hall–Kier alpha value is -1.36. The van der Waals surface area contributed by atoms with Crippen molar-refractivity contribution in [1.82, 2.24) is 0 Å². The zero-order chi connectivity index (χ0) is 15.0. The van der Waals surface area contributed by atoms with Crippen LogP contribution >= 0.6 is 0 Å². The molecule has 0 fully saturated rings. The summed E-state index contributed by atoms with van der Waals surface area (Å²) in [4.78, 5) is 10.8. The number of carbonyl (C=O) groups excluding carboxylic acids is 1. The summed E-state index contributed by atoms with van der Waals surface area (Å²) in [5, 5.41) is 9.29. The van der Waals surface area contributed by atoms with E-state index in [0.717, 1.165) is 0 Å². The maximum atomic E-state index is 12.2. The number of aldehydes is 1. The van der Waals surface area contributed by atoms with Gasteiger partial charge in [0, 0.05) is 0 Å². The molecule has 5 heteroatoms. The van der Waals surface area contributed by atoms with Gasteiger partial charge >= 0.3 is 0 Å². The average molecular weight is 284 g/mol. The molecule has 0 radical (unpaired) electrons. The fourth-order valence-electron chi connectivity index (χ4n) is 1.62. The van der Waals surface area contributed by atoms with Gasteiger partial charge in [0.1, 0.15) is 10.6 Å². The normalized spacial score (nSPS) is 12.7. The topological polar surface area (TPSA) is 71.4 Å². The van der Waals surface area contributed by atoms with Crippen LogP contribution in [0.3, 0.4) is 0 Å². The Balaban J connectivity index is 3.70. The summed E-state index contributed by atoms with van der Waals surface area (Å²) in [6.45, 7) is 8.83. The monoisotopic (exact) mass is 284 g/mol. The largest absolute Gasteiger partial charge is 0.506 e. The number of aromatic hydroxyl groups is 1. The second-order valence-electron chi connectivity index (χ2n) is 5.87. The van der Waals surface area contributed by atoms with Gasteiger partial charge in [0.25, 0.3) is 0 Å². The fourth-order valence-corrected chi connectivity index (χ4v) is 2.81. The molecule has 1 rings (SSSR count). The van der Waals surface area contributed by atoms with E-state index >= 15 is 0 Å². The van der Waals surface area contributed by atoms with Crippen molar-refractivity contribution in [3.8, 4) is 5.75 Å². The van der Waals surface area contributed by atoms with Crippen LogP contribution in [0.4, 0.5) is 0 Å². The van der Waals surface area contributed by atoms with E-state index < -0.39 is 20.8 Å². The first-order chi connectivity index (χ1) is 8.51. The van der Waals surface area contributed by atoms with Crippen molar-refractivity contribution in [3.05, 3.63) is 23.3 Å². The minimum atomic E-state index is -3.63. The lowest BCUT2D eigenvalue weighted by atomic mass is 9.86. The van der Waals surface area contributed by atoms with Crippen molar-refractivity contribution < 1.29 is 18.3 Å². The molecular weight excluding hydrogens is 264 g/mol. The van der Waals surface area contributed by atoms with Crippen LogP contribution in [0.25, 0.3) is 0 Å². The van der Waals surface area contributed by atoms with Gasteiger partial charge in [-0.1, -0.05) is 20.8 Å². The molecule has 1 aromatic rings. The second-order valence-corrected chi connectivity index (χ2v) is 8.35. The quantitative estimate of drug-likeness (QED) is 0.866. The fraction of sp³-hybridized carbons (Fsp3) is 0.500. The highest BCUT2D eigenvalue weighted by atomic mass is 32.2. The second kappa shape index (κ2) is 4.96. The maximum absolute atomic E-state index is 12.2. The number of phenols is 1. The van der Waals surface area contributed by atoms with E-state index in [2.05, 4.69) is 0 Å². The van der Waals surface area contributed by atoms with Gasteiger partial charge in [0.2, 0.25) is 0 Å². The first-order valence-electron chi connectivity index (χ1n) is 6.08. The van der Waals surface area contributed by atoms with E-state index in [9.17, 15) is 18.3 Å². The summed E-state index contributed by atoms with van der Waals surface area (Å²) in [5.74, 6) is -0.461. The van der Waals surface area contributed by atoms with Gasteiger partial charge < -0.3 is 5.11 Å². The van der Waals surface area contributed by atoms with Gasteiger partial charge in [-0.15, -0.1) is 0 Å². The Morgan fingerprint density at radius 1 is 1.21 bits per heavy atom. The van der Waals surface area contributed by atoms with Crippen LogP contribution in [-0.4, -0.2) is 25.1 Å². The minimum Gasteiger partial charge on any atom is -0.506 e. The number of benzene rings is 1. The van der Waals surface area contributed by atoms with E-state index in [1.54, 1.807) is 13.8 Å². The maximum Gasteiger partial charge on any atom is 0.184 e. The summed E-state index contributed by atoms with van der Waals surface area (Å²) >= 11 is 0. The Bertz CT molecular complexity index is 593. The Labute approximate surface area is 114 Å². The minimum absolute atomic E-state index is 0.00616. The highest BCUT2D eigenvalue weighted by molar-refractivity contribution is 7.92. The summed E-state index contributed by atoms with van der Waals surface area (Å²) in [6, 6.07) is 2.99. The molecule has 1 N–H and O–H groups in total. The van der Waals surface area contributed by atoms with E-state index in [4.69, 9.17) is 0 Å². The lowest BCUT2D eigenvalue weighted by Crippen LogP contribution is -2.18. The SMILES string of the molecule is CC(C)S(=O)(=O)c1cc(C(C)(C)C)cc(C=O)c1O. The van der Waals surface area contributed by atoms with E-state index in [0.29, 0.717) is 11.8 Å². The lowest BCUT2D eigenvalue weighted by molar-refractivity contribution is 0.112. The van der Waals surface area contributed by atoms with Crippen LogP contribution in [0.1, 0.15) is 50.5 Å². The Kier molecular flexibility index (Phi) is 4.10. The number of hydrogen-bond acceptors (Lipinski definition) is 4. The highest BCUT2D eigenvalue weighted by Gasteiger charge is 2.27. The molecule has 0 heterocycles. The molecule has 4 nitrogen and oxygen atoms in total. The number of carbonyl (C=O) groups is 1. The summed E-state index contributed by atoms with van der Waals surface area (Å²) in [5.41, 5.74) is 0.394. The molecular formula is C14H20O4S. The third-order valence-corrected chi connectivity index (χ3v) is 5.19. The molecule has 0 aliphatic heterocycles. The molecule has 0 aliphatic rings. The third-order valence-electron chi connectivity index (χ3n) is 3.02. The van der Waals surface area contributed by atoms with Crippen molar-refractivity contribution in [2.24, 2.45) is 0 Å². The standard InChI is InChI=1S/C14H20O4S/c1-9(2)19(17,18)12-7-11(14(3,4)5)6-10(8-15)13(12)16/h6-9,16H,1-5H3. The predicted octanol–water partition coefficient (Wildman–Crippen LogP) is 2.68. The molecule has 0 atom stereocenters. The summed E-state index contributed by atoms with van der Waals surface area (Å²) < 4.78 is 24.4. The molecule has 1 aromatic carbocycles. The van der Waals surface area contributed by atoms with Crippen LogP contribution in [0.2, 0.25) is 0 Å². The highest BCUT2D eigenvalue weighted by Crippen LogP contribution is 2.34. The molecule has 0 aromatic heterocycles. The van der Waals surface area contributed by atoms with E-state index in [1.807, 2.05) is 20.8 Å². The molecule has 0 saturated carbocycles. The third kappa shape index (κ3) is 2.97. The van der Waals surface area contributed by atoms with E-state index in [-0.39, 0.29) is 15.9 Å². The summed E-state index contributed by atoms with van der Waals surface area (Å²) in [7, 11) is -3.63. The van der Waals surface area contributed by atoms with Gasteiger partial charge in [-0.25, -0.2) is 8.42 Å². The van der Waals surface area contributed by atoms with Crippen molar-refractivity contribution in [1.29, 1.82) is 0 Å². The van der Waals surface area contributed by atoms with Crippen LogP contribution in [0.5, 0.6) is 5.75 Å². The van der Waals surface area contributed by atoms with Crippen molar-refractivity contribution in [2.45, 2.75) is 50.2 Å². The molecule has 0 amide bonds. The molecule has 0 spiro atoms. The smallest absolute Gasteiger partial charge is 0.184 e. The molecule has 0 unspecified atom stereocenters. The van der Waals surface area contributed by atoms with Gasteiger partial charge in [-0.3, -0.25) is 4.79 Å². The van der Waals surface area contributed by atoms with Gasteiger partial charge in [0.15, 0.2) is 16.1 Å². The van der Waals surface area contributed by atoms with Crippen molar-refractivity contribution in [2.75, 3.05) is 0 Å². The average Bonchev–Trinajstić information content (AvgIpc) is 2.27. The van der Waals surface area contributed by atoms with Gasteiger partial charge in [-0.05, 0) is 37.0 Å². The zero-order valence-corrected chi connectivity index (χ0v) is 12.7. The van der Waals surface area contributed by atoms with Crippen LogP contribution < -0.4 is 0 Å². The van der Waals surface area contributed by atoms with Crippen LogP contribution in [0, 0.1) is 0 Å². The summed E-state index contributed by atoms with van der Waals surface area (Å²) in [6.07, 6.45) is 0.476. The molecule has 0 aliphatic carbocycles.